The van der Waals surface area contributed by atoms with Crippen LogP contribution in [0.25, 0.3) is 22.4 Å². The largest absolute Gasteiger partial charge is 0.212 e. The van der Waals surface area contributed by atoms with E-state index in [-0.39, 0.29) is 0 Å². The number of hydrogen-bond donors (Lipinski definition) is 0. The molecule has 3 aromatic rings. The average molecular weight is 407 g/mol. The summed E-state index contributed by atoms with van der Waals surface area (Å²) in [6.07, 6.45) is 0.188. The molecular weight excluding hydrogens is 362 g/mol. The number of benzene rings is 2. The Hall–Kier alpha value is -2.41. The molecule has 158 valence electrons. The van der Waals surface area contributed by atoms with Gasteiger partial charge in [-0.1, -0.05) is 70.5 Å². The van der Waals surface area contributed by atoms with Crippen molar-refractivity contribution in [1.82, 2.24) is 0 Å². The van der Waals surface area contributed by atoms with Crippen molar-refractivity contribution in [3.8, 4) is 22.4 Å². The zero-order chi connectivity index (χ0) is 27.4. The summed E-state index contributed by atoms with van der Waals surface area (Å²) in [7, 11) is 1.91. The second-order valence-corrected chi connectivity index (χ2v) is 9.50. The Morgan fingerprint density at radius 1 is 1.03 bits per heavy atom. The van der Waals surface area contributed by atoms with Crippen molar-refractivity contribution in [2.45, 2.75) is 67.6 Å². The zero-order valence-electron chi connectivity index (χ0n) is 25.6. The lowest BCUT2D eigenvalue weighted by molar-refractivity contribution is -0.661. The molecule has 0 atom stereocenters. The first-order valence-corrected chi connectivity index (χ1v) is 10.5. The van der Waals surface area contributed by atoms with Gasteiger partial charge in [0.15, 0.2) is 6.20 Å². The molecule has 0 radical (unpaired) electrons. The third kappa shape index (κ3) is 4.67. The van der Waals surface area contributed by atoms with E-state index in [1.165, 1.54) is 0 Å². The number of aryl methyl sites for hydroxylation is 3. The van der Waals surface area contributed by atoms with Crippen LogP contribution in [0.2, 0.25) is 0 Å². The Kier molecular flexibility index (Phi) is 4.30. The summed E-state index contributed by atoms with van der Waals surface area (Å²) in [5.41, 5.74) is 5.83. The Morgan fingerprint density at radius 2 is 1.73 bits per heavy atom. The molecule has 0 aliphatic rings. The average Bonchev–Trinajstić information content (AvgIpc) is 2.72. The molecular formula is C29H38N+. The van der Waals surface area contributed by atoms with E-state index in [2.05, 4.69) is 0 Å². The summed E-state index contributed by atoms with van der Waals surface area (Å²) < 4.78 is 53.0. The summed E-state index contributed by atoms with van der Waals surface area (Å²) in [5.74, 6) is -0.988. The molecule has 0 saturated heterocycles. The normalized spacial score (nSPS) is 16.1. The van der Waals surface area contributed by atoms with Gasteiger partial charge >= 0.3 is 0 Å². The van der Waals surface area contributed by atoms with Gasteiger partial charge in [0.05, 0.1) is 0 Å². The summed E-state index contributed by atoms with van der Waals surface area (Å²) in [5, 5.41) is 0. The maximum atomic E-state index is 9.03. The number of pyridine rings is 1. The van der Waals surface area contributed by atoms with Crippen LogP contribution in [-0.4, -0.2) is 0 Å². The van der Waals surface area contributed by atoms with Crippen molar-refractivity contribution in [3.63, 3.8) is 0 Å². The molecule has 1 aromatic heterocycles. The maximum Gasteiger partial charge on any atom is 0.212 e. The molecule has 0 unspecified atom stereocenters. The van der Waals surface area contributed by atoms with Crippen LogP contribution in [-0.2, 0) is 13.4 Å². The molecule has 0 aliphatic heterocycles. The maximum absolute atomic E-state index is 9.03. The number of rotatable bonds is 4. The Morgan fingerprint density at radius 3 is 2.37 bits per heavy atom. The monoisotopic (exact) mass is 406 g/mol. The van der Waals surface area contributed by atoms with E-state index in [1.54, 1.807) is 19.9 Å². The van der Waals surface area contributed by atoms with E-state index >= 15 is 0 Å². The molecule has 2 aromatic carbocycles. The molecule has 0 bridgehead atoms. The minimum absolute atomic E-state index is 0.322. The lowest BCUT2D eigenvalue weighted by Crippen LogP contribution is -2.33. The summed E-state index contributed by atoms with van der Waals surface area (Å²) >= 11 is 0. The van der Waals surface area contributed by atoms with Gasteiger partial charge < -0.3 is 0 Å². The van der Waals surface area contributed by atoms with E-state index in [0.29, 0.717) is 22.3 Å². The molecule has 1 heteroatoms. The van der Waals surface area contributed by atoms with Crippen LogP contribution in [0, 0.1) is 26.1 Å². The fourth-order valence-electron chi connectivity index (χ4n) is 3.92. The molecule has 1 nitrogen and oxygen atoms in total. The highest BCUT2D eigenvalue weighted by atomic mass is 14.9. The van der Waals surface area contributed by atoms with Crippen LogP contribution in [0.15, 0.2) is 48.7 Å². The lowest BCUT2D eigenvalue weighted by atomic mass is 9.83. The smallest absolute Gasteiger partial charge is 0.201 e. The van der Waals surface area contributed by atoms with Gasteiger partial charge in [-0.15, -0.1) is 0 Å². The third-order valence-corrected chi connectivity index (χ3v) is 5.40. The predicted molar refractivity (Wildman–Crippen MR) is 130 cm³/mol. The van der Waals surface area contributed by atoms with Crippen LogP contribution in [0.4, 0.5) is 0 Å². The second kappa shape index (κ2) is 8.38. The Labute approximate surface area is 192 Å². The first-order chi connectivity index (χ1) is 16.3. The highest BCUT2D eigenvalue weighted by Gasteiger charge is 2.23. The molecule has 1 heterocycles. The quantitative estimate of drug-likeness (QED) is 0.395. The SMILES string of the molecule is [2H]C([2H])([2H])c1cc(C)ccc1-c1cccc(-c2cc(C([2H])([2H])C(C)(C)C)c(C([2H])(C)C)c[n+]2C)c1C. The van der Waals surface area contributed by atoms with Gasteiger partial charge in [0.2, 0.25) is 5.69 Å². The van der Waals surface area contributed by atoms with Crippen molar-refractivity contribution >= 4 is 0 Å². The minimum atomic E-state index is -2.24. The zero-order valence-corrected chi connectivity index (χ0v) is 19.6. The van der Waals surface area contributed by atoms with Gasteiger partial charge in [-0.25, -0.2) is 4.57 Å². The highest BCUT2D eigenvalue weighted by molar-refractivity contribution is 5.78. The molecule has 30 heavy (non-hydrogen) atoms. The van der Waals surface area contributed by atoms with Crippen molar-refractivity contribution < 1.29 is 12.8 Å². The van der Waals surface area contributed by atoms with Crippen molar-refractivity contribution in [2.75, 3.05) is 0 Å². The first-order valence-electron chi connectivity index (χ1n) is 13.5. The van der Waals surface area contributed by atoms with Crippen LogP contribution in [0.1, 0.15) is 76.6 Å². The van der Waals surface area contributed by atoms with Crippen LogP contribution < -0.4 is 4.57 Å². The molecule has 3 rings (SSSR count). The van der Waals surface area contributed by atoms with Gasteiger partial charge in [-0.3, -0.25) is 0 Å². The Bertz CT molecular complexity index is 1290. The second-order valence-electron chi connectivity index (χ2n) is 9.50. The number of aromatic nitrogens is 1. The molecule has 0 saturated carbocycles. The number of nitrogens with zero attached hydrogens (tertiary/aromatic N) is 1. The lowest BCUT2D eigenvalue weighted by Gasteiger charge is -2.22. The summed E-state index contributed by atoms with van der Waals surface area (Å²) in [6, 6.07) is 13.3. The van der Waals surface area contributed by atoms with Crippen molar-refractivity contribution in [1.29, 1.82) is 0 Å². The highest BCUT2D eigenvalue weighted by Crippen LogP contribution is 2.34. The fourth-order valence-corrected chi connectivity index (χ4v) is 3.92. The van der Waals surface area contributed by atoms with Crippen molar-refractivity contribution in [2.24, 2.45) is 12.5 Å². The standard InChI is InChI=1S/C29H38N/c1-19(2)27-18-30(9)28(16-23(27)17-29(6,7)8)26-12-10-11-25(22(26)5)24-14-13-20(3)15-21(24)4/h10-16,18-19H,17H2,1-9H3/q+1/i4D3,17D2,19D. The van der Waals surface area contributed by atoms with Gasteiger partial charge in [0.1, 0.15) is 7.05 Å². The summed E-state index contributed by atoms with van der Waals surface area (Å²) in [4.78, 5) is 0. The van der Waals surface area contributed by atoms with Crippen LogP contribution in [0.5, 0.6) is 0 Å². The molecule has 0 amide bonds. The third-order valence-electron chi connectivity index (χ3n) is 5.40. The van der Waals surface area contributed by atoms with Crippen LogP contribution in [0.3, 0.4) is 0 Å². The van der Waals surface area contributed by atoms with Crippen LogP contribution >= 0.6 is 0 Å². The predicted octanol–water partition coefficient (Wildman–Crippen LogP) is 7.48. The van der Waals surface area contributed by atoms with Gasteiger partial charge in [0.25, 0.3) is 0 Å². The van der Waals surface area contributed by atoms with E-state index in [9.17, 15) is 0 Å². The topological polar surface area (TPSA) is 3.88 Å². The summed E-state index contributed by atoms with van der Waals surface area (Å²) in [6.45, 7) is 10.8. The number of hydrogen-bond acceptors (Lipinski definition) is 0. The van der Waals surface area contributed by atoms with E-state index in [0.717, 1.165) is 27.9 Å². The van der Waals surface area contributed by atoms with E-state index in [1.807, 2.05) is 88.8 Å². The molecule has 0 spiro atoms. The Balaban J connectivity index is 2.35. The van der Waals surface area contributed by atoms with Gasteiger partial charge in [-0.2, -0.15) is 0 Å². The van der Waals surface area contributed by atoms with Crippen molar-refractivity contribution in [3.05, 3.63) is 76.5 Å². The van der Waals surface area contributed by atoms with E-state index in [4.69, 9.17) is 8.22 Å². The molecule has 0 fully saturated rings. The molecule has 0 N–H and O–H groups in total. The fraction of sp³-hybridized carbons (Fsp3) is 0.414. The minimum Gasteiger partial charge on any atom is -0.201 e. The van der Waals surface area contributed by atoms with Gasteiger partial charge in [-0.05, 0) is 72.3 Å². The van der Waals surface area contributed by atoms with Gasteiger partial charge in [0, 0.05) is 25.4 Å². The first kappa shape index (κ1) is 15.4. The molecule has 0 aliphatic carbocycles. The van der Waals surface area contributed by atoms with E-state index < -0.39 is 24.5 Å².